The molecule has 0 aliphatic heterocycles. The Morgan fingerprint density at radius 1 is 0.957 bits per heavy atom. The first-order valence-electron chi connectivity index (χ1n) is 6.10. The zero-order valence-corrected chi connectivity index (χ0v) is 13.8. The van der Waals surface area contributed by atoms with Crippen LogP contribution in [0.5, 0.6) is 0 Å². The minimum absolute atomic E-state index is 0.276. The highest BCUT2D eigenvalue weighted by Gasteiger charge is 2.21. The van der Waals surface area contributed by atoms with Crippen molar-refractivity contribution in [1.29, 1.82) is 0 Å². The molecule has 2 rings (SSSR count). The third-order valence-corrected chi connectivity index (χ3v) is 4.71. The number of carboxylic acids is 2. The van der Waals surface area contributed by atoms with E-state index in [1.165, 1.54) is 12.1 Å². The first-order valence-corrected chi connectivity index (χ1v) is 8.37. The summed E-state index contributed by atoms with van der Waals surface area (Å²) in [7, 11) is -4.06. The third-order valence-electron chi connectivity index (χ3n) is 2.84. The van der Waals surface area contributed by atoms with Crippen LogP contribution in [0.4, 0.5) is 5.69 Å². The van der Waals surface area contributed by atoms with Crippen LogP contribution in [0.2, 0.25) is 0 Å². The summed E-state index contributed by atoms with van der Waals surface area (Å²) in [6.45, 7) is 0. The summed E-state index contributed by atoms with van der Waals surface area (Å²) >= 11 is 3.20. The third kappa shape index (κ3) is 3.88. The van der Waals surface area contributed by atoms with Crippen LogP contribution in [0.25, 0.3) is 0 Å². The monoisotopic (exact) mass is 399 g/mol. The van der Waals surface area contributed by atoms with Gasteiger partial charge in [-0.3, -0.25) is 4.72 Å². The molecular formula is C14H10BrNO6S. The number of benzene rings is 2. The van der Waals surface area contributed by atoms with Gasteiger partial charge in [0, 0.05) is 10.2 Å². The van der Waals surface area contributed by atoms with Gasteiger partial charge in [0.2, 0.25) is 0 Å². The highest BCUT2D eigenvalue weighted by molar-refractivity contribution is 9.10. The summed E-state index contributed by atoms with van der Waals surface area (Å²) in [5.41, 5.74) is -0.813. The summed E-state index contributed by atoms with van der Waals surface area (Å²) in [5, 5.41) is 18.0. The Kier molecular flexibility index (Phi) is 4.71. The van der Waals surface area contributed by atoms with E-state index < -0.39 is 33.1 Å². The number of carbonyl (C=O) groups is 2. The molecule has 9 heteroatoms. The molecule has 0 bridgehead atoms. The van der Waals surface area contributed by atoms with Crippen molar-refractivity contribution < 1.29 is 28.2 Å². The molecule has 0 saturated heterocycles. The smallest absolute Gasteiger partial charge is 0.336 e. The first kappa shape index (κ1) is 17.0. The van der Waals surface area contributed by atoms with Gasteiger partial charge in [0.15, 0.2) is 0 Å². The van der Waals surface area contributed by atoms with Crippen LogP contribution < -0.4 is 4.72 Å². The number of halogens is 1. The fourth-order valence-corrected chi connectivity index (χ4v) is 3.29. The van der Waals surface area contributed by atoms with Crippen molar-refractivity contribution in [2.75, 3.05) is 4.72 Å². The topological polar surface area (TPSA) is 121 Å². The SMILES string of the molecule is O=C(O)c1ccc(S(=O)(=O)Nc2cccc(Br)c2)cc1C(=O)O. The lowest BCUT2D eigenvalue weighted by molar-refractivity contribution is 0.0651. The van der Waals surface area contributed by atoms with Gasteiger partial charge in [-0.25, -0.2) is 18.0 Å². The van der Waals surface area contributed by atoms with Gasteiger partial charge in [0.25, 0.3) is 10.0 Å². The molecule has 0 aliphatic rings. The molecule has 0 aliphatic carbocycles. The Balaban J connectivity index is 2.46. The Labute approximate surface area is 139 Å². The number of carboxylic acid groups (broad SMARTS) is 2. The van der Waals surface area contributed by atoms with Crippen molar-refractivity contribution in [3.63, 3.8) is 0 Å². The van der Waals surface area contributed by atoms with Gasteiger partial charge < -0.3 is 10.2 Å². The highest BCUT2D eigenvalue weighted by Crippen LogP contribution is 2.22. The number of sulfonamides is 1. The Morgan fingerprint density at radius 2 is 1.61 bits per heavy atom. The lowest BCUT2D eigenvalue weighted by atomic mass is 10.1. The fraction of sp³-hybridized carbons (Fsp3) is 0. The number of aromatic carboxylic acids is 2. The van der Waals surface area contributed by atoms with E-state index in [4.69, 9.17) is 10.2 Å². The van der Waals surface area contributed by atoms with Gasteiger partial charge in [-0.1, -0.05) is 22.0 Å². The van der Waals surface area contributed by atoms with Gasteiger partial charge in [-0.05, 0) is 36.4 Å². The van der Waals surface area contributed by atoms with E-state index in [1.54, 1.807) is 12.1 Å². The van der Waals surface area contributed by atoms with Crippen molar-refractivity contribution in [2.45, 2.75) is 4.90 Å². The second-order valence-corrected chi connectivity index (χ2v) is 7.03. The van der Waals surface area contributed by atoms with Gasteiger partial charge in [-0.15, -0.1) is 0 Å². The molecule has 0 radical (unpaired) electrons. The normalized spacial score (nSPS) is 11.0. The maximum Gasteiger partial charge on any atom is 0.336 e. The molecule has 0 amide bonds. The largest absolute Gasteiger partial charge is 0.478 e. The zero-order chi connectivity index (χ0) is 17.2. The van der Waals surface area contributed by atoms with Crippen molar-refractivity contribution in [2.24, 2.45) is 0 Å². The molecule has 2 aromatic carbocycles. The Morgan fingerprint density at radius 3 is 2.17 bits per heavy atom. The molecule has 3 N–H and O–H groups in total. The summed E-state index contributed by atoms with van der Waals surface area (Å²) in [4.78, 5) is 21.8. The van der Waals surface area contributed by atoms with E-state index in [0.717, 1.165) is 18.2 Å². The molecule has 7 nitrogen and oxygen atoms in total. The molecule has 0 unspecified atom stereocenters. The van der Waals surface area contributed by atoms with Crippen LogP contribution in [-0.2, 0) is 10.0 Å². The van der Waals surface area contributed by atoms with Crippen LogP contribution in [0.15, 0.2) is 51.8 Å². The van der Waals surface area contributed by atoms with E-state index in [-0.39, 0.29) is 10.6 Å². The zero-order valence-electron chi connectivity index (χ0n) is 11.4. The van der Waals surface area contributed by atoms with Crippen LogP contribution >= 0.6 is 15.9 Å². The Hall–Kier alpha value is -2.39. The summed E-state index contributed by atoms with van der Waals surface area (Å²) < 4.78 is 27.6. The predicted molar refractivity (Wildman–Crippen MR) is 85.3 cm³/mol. The summed E-state index contributed by atoms with van der Waals surface area (Å²) in [5.74, 6) is -2.98. The molecule has 0 fully saturated rings. The van der Waals surface area contributed by atoms with Gasteiger partial charge in [-0.2, -0.15) is 0 Å². The molecular weight excluding hydrogens is 390 g/mol. The second kappa shape index (κ2) is 6.39. The first-order chi connectivity index (χ1) is 10.7. The molecule has 0 aromatic heterocycles. The highest BCUT2D eigenvalue weighted by atomic mass is 79.9. The molecule has 2 aromatic rings. The lowest BCUT2D eigenvalue weighted by Gasteiger charge is -2.10. The number of nitrogens with one attached hydrogen (secondary N) is 1. The molecule has 0 atom stereocenters. The van der Waals surface area contributed by atoms with Gasteiger partial charge >= 0.3 is 11.9 Å². The number of hydrogen-bond donors (Lipinski definition) is 3. The van der Waals surface area contributed by atoms with Crippen LogP contribution in [0.1, 0.15) is 20.7 Å². The standard InChI is InChI=1S/C14H10BrNO6S/c15-8-2-1-3-9(6-8)16-23(21,22)10-4-5-11(13(17)18)12(7-10)14(19)20/h1-7,16H,(H,17,18)(H,19,20). The average Bonchev–Trinajstić information content (AvgIpc) is 2.46. The second-order valence-electron chi connectivity index (χ2n) is 4.43. The van der Waals surface area contributed by atoms with E-state index in [9.17, 15) is 18.0 Å². The summed E-state index contributed by atoms with van der Waals surface area (Å²) in [6, 6.07) is 9.18. The van der Waals surface area contributed by atoms with Gasteiger partial charge in [0.1, 0.15) is 0 Å². The summed E-state index contributed by atoms with van der Waals surface area (Å²) in [6.07, 6.45) is 0. The molecule has 120 valence electrons. The molecule has 0 spiro atoms. The van der Waals surface area contributed by atoms with Crippen molar-refractivity contribution in [3.8, 4) is 0 Å². The van der Waals surface area contributed by atoms with E-state index in [0.29, 0.717) is 4.47 Å². The minimum Gasteiger partial charge on any atom is -0.478 e. The lowest BCUT2D eigenvalue weighted by Crippen LogP contribution is -2.15. The maximum absolute atomic E-state index is 12.3. The molecule has 0 heterocycles. The van der Waals surface area contributed by atoms with Crippen LogP contribution in [-0.4, -0.2) is 30.6 Å². The number of anilines is 1. The van der Waals surface area contributed by atoms with E-state index >= 15 is 0 Å². The average molecular weight is 400 g/mol. The van der Waals surface area contributed by atoms with Crippen molar-refractivity contribution in [3.05, 3.63) is 58.1 Å². The maximum atomic E-state index is 12.3. The number of rotatable bonds is 5. The van der Waals surface area contributed by atoms with Crippen molar-refractivity contribution >= 4 is 43.6 Å². The van der Waals surface area contributed by atoms with Crippen LogP contribution in [0.3, 0.4) is 0 Å². The van der Waals surface area contributed by atoms with Crippen molar-refractivity contribution in [1.82, 2.24) is 0 Å². The predicted octanol–water partition coefficient (Wildman–Crippen LogP) is 2.65. The van der Waals surface area contributed by atoms with Gasteiger partial charge in [0.05, 0.1) is 16.0 Å². The van der Waals surface area contributed by atoms with E-state index in [1.807, 2.05) is 0 Å². The fourth-order valence-electron chi connectivity index (χ4n) is 1.82. The molecule has 0 saturated carbocycles. The molecule has 23 heavy (non-hydrogen) atoms. The Bertz CT molecular complexity index is 894. The minimum atomic E-state index is -4.06. The van der Waals surface area contributed by atoms with Crippen LogP contribution in [0, 0.1) is 0 Å². The quantitative estimate of drug-likeness (QED) is 0.710. The number of hydrogen-bond acceptors (Lipinski definition) is 4. The van der Waals surface area contributed by atoms with E-state index in [2.05, 4.69) is 20.7 Å².